The number of hydrogen-bond acceptors (Lipinski definition) is 6. The molecular formula is C23H21ClFN5O2S. The number of benzene rings is 2. The van der Waals surface area contributed by atoms with Crippen molar-refractivity contribution in [3.05, 3.63) is 87.7 Å². The number of rotatable bonds is 9. The summed E-state index contributed by atoms with van der Waals surface area (Å²) in [6, 6.07) is 13.7. The molecular weight excluding hydrogens is 465 g/mol. The van der Waals surface area contributed by atoms with Gasteiger partial charge in [0.15, 0.2) is 17.3 Å². The minimum absolute atomic E-state index is 0.0313. The summed E-state index contributed by atoms with van der Waals surface area (Å²) in [5, 5.41) is 7.44. The van der Waals surface area contributed by atoms with E-state index in [4.69, 9.17) is 33.3 Å². The zero-order chi connectivity index (χ0) is 23.2. The molecule has 7 nitrogen and oxygen atoms in total. The van der Waals surface area contributed by atoms with Crippen molar-refractivity contribution in [3.8, 4) is 22.9 Å². The number of H-pyrrole nitrogens is 1. The smallest absolute Gasteiger partial charge is 0.214 e. The van der Waals surface area contributed by atoms with Crippen molar-refractivity contribution in [2.45, 2.75) is 20.1 Å². The van der Waals surface area contributed by atoms with Gasteiger partial charge in [0.25, 0.3) is 0 Å². The standard InChI is InChI=1S/C23H21ClFN5O2S/c1-2-31-20-12-15(11-18(24)21(20)32-14-17-5-3-4-6-19(17)25)13-27-30-22(28-29-23(30)33)16-7-9-26-10-8-16/h3-12,27H,2,13-14H2,1H3,(H,29,33). The van der Waals surface area contributed by atoms with Crippen molar-refractivity contribution in [3.63, 3.8) is 0 Å². The number of aromatic amines is 1. The molecule has 10 heteroatoms. The lowest BCUT2D eigenvalue weighted by Crippen LogP contribution is -2.16. The largest absolute Gasteiger partial charge is 0.490 e. The summed E-state index contributed by atoms with van der Waals surface area (Å²) < 4.78 is 27.6. The third-order valence-corrected chi connectivity index (χ3v) is 5.31. The fourth-order valence-electron chi connectivity index (χ4n) is 3.20. The normalized spacial score (nSPS) is 10.8. The highest BCUT2D eigenvalue weighted by Gasteiger charge is 2.15. The van der Waals surface area contributed by atoms with E-state index < -0.39 is 0 Å². The lowest BCUT2D eigenvalue weighted by molar-refractivity contribution is 0.266. The molecule has 0 saturated carbocycles. The molecule has 0 amide bonds. The van der Waals surface area contributed by atoms with Crippen LogP contribution in [-0.2, 0) is 13.2 Å². The highest BCUT2D eigenvalue weighted by molar-refractivity contribution is 7.71. The Morgan fingerprint density at radius 2 is 1.94 bits per heavy atom. The van der Waals surface area contributed by atoms with Crippen molar-refractivity contribution in [1.82, 2.24) is 19.9 Å². The van der Waals surface area contributed by atoms with Gasteiger partial charge in [-0.1, -0.05) is 29.8 Å². The molecule has 2 N–H and O–H groups in total. The van der Waals surface area contributed by atoms with Crippen LogP contribution in [0.5, 0.6) is 11.5 Å². The van der Waals surface area contributed by atoms with Crippen LogP contribution in [0.3, 0.4) is 0 Å². The molecule has 2 heterocycles. The summed E-state index contributed by atoms with van der Waals surface area (Å²) in [5.41, 5.74) is 5.38. The molecule has 0 unspecified atom stereocenters. The molecule has 4 rings (SSSR count). The van der Waals surface area contributed by atoms with E-state index in [-0.39, 0.29) is 12.4 Å². The van der Waals surface area contributed by atoms with Gasteiger partial charge in [-0.15, -0.1) is 0 Å². The molecule has 0 spiro atoms. The van der Waals surface area contributed by atoms with E-state index in [2.05, 4.69) is 20.6 Å². The number of hydrogen-bond donors (Lipinski definition) is 2. The third kappa shape index (κ3) is 5.32. The van der Waals surface area contributed by atoms with Crippen molar-refractivity contribution >= 4 is 23.8 Å². The summed E-state index contributed by atoms with van der Waals surface area (Å²) in [6.45, 7) is 2.70. The second-order valence-electron chi connectivity index (χ2n) is 6.98. The van der Waals surface area contributed by atoms with Gasteiger partial charge in [-0.2, -0.15) is 5.10 Å². The molecule has 0 aliphatic carbocycles. The van der Waals surface area contributed by atoms with Crippen LogP contribution in [0.25, 0.3) is 11.4 Å². The van der Waals surface area contributed by atoms with Crippen LogP contribution in [-0.4, -0.2) is 26.5 Å². The second-order valence-corrected chi connectivity index (χ2v) is 7.77. The Bertz CT molecular complexity index is 1300. The third-order valence-electron chi connectivity index (χ3n) is 4.75. The summed E-state index contributed by atoms with van der Waals surface area (Å²) in [4.78, 5) is 4.03. The van der Waals surface area contributed by atoms with E-state index in [1.54, 1.807) is 41.3 Å². The predicted octanol–water partition coefficient (Wildman–Crippen LogP) is 5.52. The Morgan fingerprint density at radius 1 is 1.15 bits per heavy atom. The van der Waals surface area contributed by atoms with Gasteiger partial charge in [0.2, 0.25) is 4.77 Å². The van der Waals surface area contributed by atoms with Crippen LogP contribution >= 0.6 is 23.8 Å². The minimum Gasteiger partial charge on any atom is -0.490 e. The second kappa shape index (κ2) is 10.5. The topological polar surface area (TPSA) is 77.0 Å². The molecule has 33 heavy (non-hydrogen) atoms. The summed E-state index contributed by atoms with van der Waals surface area (Å²) in [7, 11) is 0. The van der Waals surface area contributed by atoms with E-state index in [9.17, 15) is 4.39 Å². The Kier molecular flexibility index (Phi) is 7.21. The molecule has 0 radical (unpaired) electrons. The highest BCUT2D eigenvalue weighted by Crippen LogP contribution is 2.37. The minimum atomic E-state index is -0.339. The number of nitrogens with one attached hydrogen (secondary N) is 2. The quantitative estimate of drug-likeness (QED) is 0.304. The molecule has 0 saturated heterocycles. The Balaban J connectivity index is 1.54. The van der Waals surface area contributed by atoms with Gasteiger partial charge in [-0.25, -0.2) is 14.2 Å². The first-order valence-electron chi connectivity index (χ1n) is 10.2. The van der Waals surface area contributed by atoms with E-state index in [0.29, 0.717) is 45.8 Å². The molecule has 170 valence electrons. The van der Waals surface area contributed by atoms with Gasteiger partial charge >= 0.3 is 0 Å². The van der Waals surface area contributed by atoms with Gasteiger partial charge in [0, 0.05) is 23.5 Å². The van der Waals surface area contributed by atoms with Gasteiger partial charge in [-0.3, -0.25) is 4.98 Å². The van der Waals surface area contributed by atoms with Crippen LogP contribution in [0.1, 0.15) is 18.1 Å². The summed E-state index contributed by atoms with van der Waals surface area (Å²) >= 11 is 11.9. The van der Waals surface area contributed by atoms with Crippen molar-refractivity contribution in [2.24, 2.45) is 0 Å². The fraction of sp³-hybridized carbons (Fsp3) is 0.174. The van der Waals surface area contributed by atoms with Gasteiger partial charge < -0.3 is 14.9 Å². The van der Waals surface area contributed by atoms with Crippen molar-refractivity contribution < 1.29 is 13.9 Å². The molecule has 0 fully saturated rings. The van der Waals surface area contributed by atoms with Crippen LogP contribution in [0, 0.1) is 10.6 Å². The number of ether oxygens (including phenoxy) is 2. The molecule has 0 aliphatic heterocycles. The van der Waals surface area contributed by atoms with Crippen LogP contribution < -0.4 is 14.9 Å². The zero-order valence-corrected chi connectivity index (χ0v) is 19.3. The maximum absolute atomic E-state index is 14.0. The summed E-state index contributed by atoms with van der Waals surface area (Å²) in [5.74, 6) is 1.13. The number of nitrogens with zero attached hydrogens (tertiary/aromatic N) is 3. The molecule has 2 aromatic heterocycles. The zero-order valence-electron chi connectivity index (χ0n) is 17.7. The van der Waals surface area contributed by atoms with Gasteiger partial charge in [0.1, 0.15) is 12.4 Å². The molecule has 0 aliphatic rings. The van der Waals surface area contributed by atoms with E-state index in [0.717, 1.165) is 11.1 Å². The van der Waals surface area contributed by atoms with E-state index >= 15 is 0 Å². The number of aromatic nitrogens is 4. The lowest BCUT2D eigenvalue weighted by atomic mass is 10.2. The van der Waals surface area contributed by atoms with Crippen molar-refractivity contribution in [1.29, 1.82) is 0 Å². The maximum atomic E-state index is 14.0. The predicted molar refractivity (Wildman–Crippen MR) is 127 cm³/mol. The SMILES string of the molecule is CCOc1cc(CNn2c(-c3ccncc3)n[nH]c2=S)cc(Cl)c1OCc1ccccc1F. The molecule has 0 atom stereocenters. The average Bonchev–Trinajstić information content (AvgIpc) is 3.19. The van der Waals surface area contributed by atoms with E-state index in [1.807, 2.05) is 25.1 Å². The fourth-order valence-corrected chi connectivity index (χ4v) is 3.68. The first-order valence-corrected chi connectivity index (χ1v) is 11.0. The number of halogens is 2. The van der Waals surface area contributed by atoms with Crippen molar-refractivity contribution in [2.75, 3.05) is 12.0 Å². The first-order chi connectivity index (χ1) is 16.1. The molecule has 2 aromatic carbocycles. The number of pyridine rings is 1. The van der Waals surface area contributed by atoms with Crippen LogP contribution in [0.2, 0.25) is 5.02 Å². The molecule has 4 aromatic rings. The van der Waals surface area contributed by atoms with Gasteiger partial charge in [0.05, 0.1) is 18.2 Å². The Labute approximate surface area is 200 Å². The highest BCUT2D eigenvalue weighted by atomic mass is 35.5. The van der Waals surface area contributed by atoms with Gasteiger partial charge in [-0.05, 0) is 55.0 Å². The lowest BCUT2D eigenvalue weighted by Gasteiger charge is -2.16. The van der Waals surface area contributed by atoms with Crippen LogP contribution in [0.4, 0.5) is 4.39 Å². The van der Waals surface area contributed by atoms with E-state index in [1.165, 1.54) is 6.07 Å². The van der Waals surface area contributed by atoms with Crippen LogP contribution in [0.15, 0.2) is 60.9 Å². The summed E-state index contributed by atoms with van der Waals surface area (Å²) in [6.07, 6.45) is 3.37. The monoisotopic (exact) mass is 485 g/mol. The average molecular weight is 486 g/mol. The first kappa shape index (κ1) is 22.8. The Hall–Kier alpha value is -3.43. The maximum Gasteiger partial charge on any atom is 0.214 e. The Morgan fingerprint density at radius 3 is 2.70 bits per heavy atom. The molecule has 0 bridgehead atoms.